The Balaban J connectivity index is 1.58. The Hall–Kier alpha value is -3.42. The minimum absolute atomic E-state index is 0.0586. The van der Waals surface area contributed by atoms with Crippen molar-refractivity contribution in [2.75, 3.05) is 33.3 Å². The van der Waals surface area contributed by atoms with Gasteiger partial charge < -0.3 is 28.8 Å². The molecule has 2 aromatic heterocycles. The van der Waals surface area contributed by atoms with Crippen molar-refractivity contribution in [3.63, 3.8) is 0 Å². The van der Waals surface area contributed by atoms with E-state index in [-0.39, 0.29) is 18.0 Å². The minimum atomic E-state index is -0.0824. The molecule has 3 aromatic rings. The number of aromatic nitrogens is 1. The Kier molecular flexibility index (Phi) is 5.88. The molecule has 0 spiro atoms. The molecule has 1 N–H and O–H groups in total. The first-order valence-electron chi connectivity index (χ1n) is 10.5. The van der Waals surface area contributed by atoms with E-state index in [1.807, 2.05) is 59.7 Å². The van der Waals surface area contributed by atoms with Crippen LogP contribution in [-0.4, -0.2) is 65.6 Å². The van der Waals surface area contributed by atoms with Crippen molar-refractivity contribution in [3.8, 4) is 5.75 Å². The first-order valence-corrected chi connectivity index (χ1v) is 10.5. The van der Waals surface area contributed by atoms with Crippen molar-refractivity contribution in [2.24, 2.45) is 0 Å². The van der Waals surface area contributed by atoms with Gasteiger partial charge in [0.05, 0.1) is 19.9 Å². The monoisotopic (exact) mass is 424 g/mol. The van der Waals surface area contributed by atoms with E-state index in [9.17, 15) is 9.59 Å². The molecule has 3 heterocycles. The van der Waals surface area contributed by atoms with Crippen molar-refractivity contribution in [2.45, 2.75) is 26.4 Å². The molecule has 1 saturated heterocycles. The fraction of sp³-hybridized carbons (Fsp3) is 0.391. The molecule has 1 aliphatic heterocycles. The normalized spacial score (nSPS) is 16.5. The van der Waals surface area contributed by atoms with Gasteiger partial charge in [0.1, 0.15) is 11.4 Å². The van der Waals surface area contributed by atoms with E-state index in [1.165, 1.54) is 0 Å². The van der Waals surface area contributed by atoms with Crippen LogP contribution in [0.15, 0.2) is 47.1 Å². The second kappa shape index (κ2) is 8.75. The van der Waals surface area contributed by atoms with E-state index in [2.05, 4.69) is 5.32 Å². The second-order valence-corrected chi connectivity index (χ2v) is 7.78. The Bertz CT molecular complexity index is 1090. The van der Waals surface area contributed by atoms with Gasteiger partial charge >= 0.3 is 6.03 Å². The van der Waals surface area contributed by atoms with Gasteiger partial charge in [0.25, 0.3) is 5.91 Å². The molecule has 0 unspecified atom stereocenters. The topological polar surface area (TPSA) is 80.0 Å². The van der Waals surface area contributed by atoms with Crippen LogP contribution in [0.1, 0.15) is 29.9 Å². The number of carbonyl (C=O) groups excluding carboxylic acids is 2. The molecule has 1 aromatic carbocycles. The van der Waals surface area contributed by atoms with E-state index in [0.717, 1.165) is 16.7 Å². The van der Waals surface area contributed by atoms with E-state index in [0.29, 0.717) is 44.1 Å². The number of benzene rings is 1. The highest BCUT2D eigenvalue weighted by atomic mass is 16.5. The van der Waals surface area contributed by atoms with Gasteiger partial charge in [-0.15, -0.1) is 0 Å². The van der Waals surface area contributed by atoms with E-state index >= 15 is 0 Å². The zero-order valence-electron chi connectivity index (χ0n) is 18.1. The maximum absolute atomic E-state index is 13.5. The number of furan rings is 1. The van der Waals surface area contributed by atoms with Gasteiger partial charge in [-0.05, 0) is 43.7 Å². The van der Waals surface area contributed by atoms with Crippen LogP contribution in [0, 0.1) is 0 Å². The number of amides is 3. The van der Waals surface area contributed by atoms with Crippen molar-refractivity contribution in [1.82, 2.24) is 19.7 Å². The van der Waals surface area contributed by atoms with Gasteiger partial charge in [-0.2, -0.15) is 0 Å². The summed E-state index contributed by atoms with van der Waals surface area (Å²) in [6, 6.07) is 11.4. The Morgan fingerprint density at radius 1 is 1.23 bits per heavy atom. The van der Waals surface area contributed by atoms with E-state index in [4.69, 9.17) is 9.15 Å². The SMILES string of the molecule is CCNC(=O)N1CCN(C(=O)c2cc3ccoc3n2Cc2cccc(OC)c2)C[C@@H]1C. The third-order valence-electron chi connectivity index (χ3n) is 5.70. The molecule has 1 fully saturated rings. The maximum Gasteiger partial charge on any atom is 0.317 e. The first-order chi connectivity index (χ1) is 15.0. The van der Waals surface area contributed by atoms with Gasteiger partial charge in [-0.3, -0.25) is 4.79 Å². The average molecular weight is 425 g/mol. The number of fused-ring (bicyclic) bond motifs is 1. The van der Waals surface area contributed by atoms with Crippen LogP contribution >= 0.6 is 0 Å². The number of piperazine rings is 1. The highest BCUT2D eigenvalue weighted by Gasteiger charge is 2.31. The summed E-state index contributed by atoms with van der Waals surface area (Å²) in [7, 11) is 1.63. The minimum Gasteiger partial charge on any atom is -0.497 e. The number of hydrogen-bond donors (Lipinski definition) is 1. The number of rotatable bonds is 5. The summed E-state index contributed by atoms with van der Waals surface area (Å²) >= 11 is 0. The number of nitrogens with zero attached hydrogens (tertiary/aromatic N) is 3. The van der Waals surface area contributed by atoms with Gasteiger partial charge in [-0.25, -0.2) is 4.79 Å². The van der Waals surface area contributed by atoms with Crippen LogP contribution in [0.4, 0.5) is 4.79 Å². The summed E-state index contributed by atoms with van der Waals surface area (Å²) in [5.74, 6) is 0.709. The predicted molar refractivity (Wildman–Crippen MR) is 117 cm³/mol. The Morgan fingerprint density at radius 3 is 2.81 bits per heavy atom. The van der Waals surface area contributed by atoms with Crippen molar-refractivity contribution < 1.29 is 18.7 Å². The molecule has 0 aliphatic carbocycles. The highest BCUT2D eigenvalue weighted by molar-refractivity contribution is 5.98. The maximum atomic E-state index is 13.5. The van der Waals surface area contributed by atoms with Gasteiger partial charge in [0.15, 0.2) is 0 Å². The smallest absolute Gasteiger partial charge is 0.317 e. The zero-order chi connectivity index (χ0) is 22.0. The predicted octanol–water partition coefficient (Wildman–Crippen LogP) is 3.17. The average Bonchev–Trinajstić information content (AvgIpc) is 3.36. The summed E-state index contributed by atoms with van der Waals surface area (Å²) in [4.78, 5) is 29.3. The lowest BCUT2D eigenvalue weighted by molar-refractivity contribution is 0.0570. The molecule has 31 heavy (non-hydrogen) atoms. The molecule has 1 atom stereocenters. The van der Waals surface area contributed by atoms with Gasteiger partial charge in [0, 0.05) is 37.6 Å². The van der Waals surface area contributed by atoms with E-state index in [1.54, 1.807) is 18.3 Å². The van der Waals surface area contributed by atoms with Crippen LogP contribution in [0.5, 0.6) is 5.75 Å². The molecule has 0 saturated carbocycles. The van der Waals surface area contributed by atoms with Crippen LogP contribution in [-0.2, 0) is 6.54 Å². The number of methoxy groups -OCH3 is 1. The van der Waals surface area contributed by atoms with Crippen molar-refractivity contribution in [3.05, 3.63) is 53.9 Å². The van der Waals surface area contributed by atoms with Crippen molar-refractivity contribution >= 4 is 23.0 Å². The molecule has 8 heteroatoms. The molecular formula is C23H28N4O4. The molecule has 0 bridgehead atoms. The lowest BCUT2D eigenvalue weighted by Crippen LogP contribution is -2.57. The summed E-state index contributed by atoms with van der Waals surface area (Å²) in [5.41, 5.74) is 2.26. The zero-order valence-corrected chi connectivity index (χ0v) is 18.1. The van der Waals surface area contributed by atoms with Crippen LogP contribution in [0.25, 0.3) is 11.1 Å². The molecule has 4 rings (SSSR count). The Morgan fingerprint density at radius 2 is 2.06 bits per heavy atom. The molecule has 8 nitrogen and oxygen atoms in total. The quantitative estimate of drug-likeness (QED) is 0.682. The second-order valence-electron chi connectivity index (χ2n) is 7.78. The number of urea groups is 1. The summed E-state index contributed by atoms with van der Waals surface area (Å²) in [5, 5.41) is 3.73. The lowest BCUT2D eigenvalue weighted by atomic mass is 10.1. The van der Waals surface area contributed by atoms with E-state index < -0.39 is 0 Å². The number of ether oxygens (including phenoxy) is 1. The molecule has 1 aliphatic rings. The largest absolute Gasteiger partial charge is 0.497 e. The number of hydrogen-bond acceptors (Lipinski definition) is 4. The lowest BCUT2D eigenvalue weighted by Gasteiger charge is -2.39. The van der Waals surface area contributed by atoms with Crippen molar-refractivity contribution in [1.29, 1.82) is 0 Å². The number of carbonyl (C=O) groups is 2. The third-order valence-corrected chi connectivity index (χ3v) is 5.70. The standard InChI is InChI=1S/C23H28N4O4/c1-4-24-23(29)26-10-9-25(14-16(26)2)21(28)20-13-18-8-11-31-22(18)27(20)15-17-6-5-7-19(12-17)30-3/h5-8,11-13,16H,4,9-10,14-15H2,1-3H3,(H,24,29)/t16-/m0/s1. The van der Waals surface area contributed by atoms with Crippen LogP contribution in [0.2, 0.25) is 0 Å². The fourth-order valence-corrected chi connectivity index (χ4v) is 4.12. The fourth-order valence-electron chi connectivity index (χ4n) is 4.12. The summed E-state index contributed by atoms with van der Waals surface area (Å²) < 4.78 is 12.9. The van der Waals surface area contributed by atoms with Crippen LogP contribution < -0.4 is 10.1 Å². The third kappa shape index (κ3) is 4.10. The number of nitrogens with one attached hydrogen (secondary N) is 1. The Labute approximate surface area is 181 Å². The summed E-state index contributed by atoms with van der Waals surface area (Å²) in [6.07, 6.45) is 1.63. The molecule has 164 valence electrons. The molecule has 0 radical (unpaired) electrons. The van der Waals surface area contributed by atoms with Crippen LogP contribution in [0.3, 0.4) is 0 Å². The molecular weight excluding hydrogens is 396 g/mol. The van der Waals surface area contributed by atoms with Gasteiger partial charge in [-0.1, -0.05) is 12.1 Å². The molecule has 3 amide bonds. The highest BCUT2D eigenvalue weighted by Crippen LogP contribution is 2.25. The first kappa shape index (κ1) is 20.8. The van der Waals surface area contributed by atoms with Gasteiger partial charge in [0.2, 0.25) is 5.71 Å². The summed E-state index contributed by atoms with van der Waals surface area (Å²) in [6.45, 7) is 6.43.